The number of carbonyl (C=O) groups excluding carboxylic acids is 1. The number of amides is 1. The summed E-state index contributed by atoms with van der Waals surface area (Å²) in [5.74, 6) is 1.50. The van der Waals surface area contributed by atoms with Crippen LogP contribution in [0.3, 0.4) is 0 Å². The van der Waals surface area contributed by atoms with Gasteiger partial charge in [0.05, 0.1) is 11.9 Å². The number of piperidine rings is 1. The van der Waals surface area contributed by atoms with Crippen molar-refractivity contribution in [3.8, 4) is 0 Å². The van der Waals surface area contributed by atoms with E-state index in [4.69, 9.17) is 0 Å². The molecular formula is C13H20N4OS. The third-order valence-electron chi connectivity index (χ3n) is 4.30. The van der Waals surface area contributed by atoms with Gasteiger partial charge in [0.2, 0.25) is 5.91 Å². The number of likely N-dealkylation sites (tertiary alicyclic amines) is 1. The molecule has 1 aromatic heterocycles. The highest BCUT2D eigenvalue weighted by Crippen LogP contribution is 2.35. The van der Waals surface area contributed by atoms with Gasteiger partial charge in [-0.2, -0.15) is 10.3 Å². The molecule has 0 aromatic carbocycles. The summed E-state index contributed by atoms with van der Waals surface area (Å²) in [5, 5.41) is 11.1. The first-order chi connectivity index (χ1) is 9.34. The molecule has 0 spiro atoms. The topological polar surface area (TPSA) is 61.9 Å². The van der Waals surface area contributed by atoms with Crippen LogP contribution in [0, 0.1) is 5.92 Å². The van der Waals surface area contributed by atoms with Crippen molar-refractivity contribution in [1.82, 2.24) is 20.3 Å². The van der Waals surface area contributed by atoms with Crippen LogP contribution >= 0.6 is 11.8 Å². The third kappa shape index (κ3) is 2.94. The second kappa shape index (κ2) is 5.94. The van der Waals surface area contributed by atoms with Crippen molar-refractivity contribution in [3.63, 3.8) is 0 Å². The Balaban J connectivity index is 1.58. The van der Waals surface area contributed by atoms with Gasteiger partial charge in [0.15, 0.2) is 0 Å². The van der Waals surface area contributed by atoms with E-state index in [2.05, 4.69) is 20.3 Å². The fourth-order valence-electron chi connectivity index (χ4n) is 3.41. The molecule has 1 aliphatic heterocycles. The Bertz CT molecular complexity index is 420. The number of aromatic nitrogens is 3. The van der Waals surface area contributed by atoms with Gasteiger partial charge in [-0.3, -0.25) is 4.79 Å². The van der Waals surface area contributed by atoms with Crippen molar-refractivity contribution in [1.29, 1.82) is 0 Å². The number of fused-ring (bicyclic) bond motifs is 1. The highest BCUT2D eigenvalue weighted by atomic mass is 32.2. The summed E-state index contributed by atoms with van der Waals surface area (Å²) in [4.78, 5) is 14.5. The van der Waals surface area contributed by atoms with Gasteiger partial charge < -0.3 is 4.90 Å². The predicted molar refractivity (Wildman–Crippen MR) is 73.8 cm³/mol. The lowest BCUT2D eigenvalue weighted by Crippen LogP contribution is -2.50. The van der Waals surface area contributed by atoms with Crippen molar-refractivity contribution in [2.75, 3.05) is 12.3 Å². The van der Waals surface area contributed by atoms with E-state index in [1.165, 1.54) is 50.3 Å². The number of aromatic amines is 1. The van der Waals surface area contributed by atoms with Crippen LogP contribution in [0.2, 0.25) is 0 Å². The molecule has 1 saturated carbocycles. The number of nitrogens with zero attached hydrogens (tertiary/aromatic N) is 3. The average molecular weight is 280 g/mol. The Kier molecular flexibility index (Phi) is 4.06. The highest BCUT2D eigenvalue weighted by molar-refractivity contribution is 7.99. The summed E-state index contributed by atoms with van der Waals surface area (Å²) in [6, 6.07) is 0.507. The molecule has 2 atom stereocenters. The Morgan fingerprint density at radius 1 is 1.37 bits per heavy atom. The number of H-pyrrole nitrogens is 1. The maximum absolute atomic E-state index is 12.4. The first-order valence-corrected chi connectivity index (χ1v) is 8.11. The fourth-order valence-corrected chi connectivity index (χ4v) is 4.08. The molecule has 1 aromatic rings. The van der Waals surface area contributed by atoms with E-state index >= 15 is 0 Å². The zero-order valence-corrected chi connectivity index (χ0v) is 11.9. The first-order valence-electron chi connectivity index (χ1n) is 7.12. The van der Waals surface area contributed by atoms with E-state index in [1.54, 1.807) is 6.20 Å². The van der Waals surface area contributed by atoms with E-state index in [1.807, 2.05) is 0 Å². The van der Waals surface area contributed by atoms with Gasteiger partial charge in [-0.15, -0.1) is 5.10 Å². The zero-order chi connectivity index (χ0) is 13.1. The van der Waals surface area contributed by atoms with E-state index in [0.29, 0.717) is 11.8 Å². The minimum Gasteiger partial charge on any atom is -0.339 e. The summed E-state index contributed by atoms with van der Waals surface area (Å²) >= 11 is 1.47. The molecule has 0 radical (unpaired) electrons. The minimum atomic E-state index is 0.268. The Labute approximate surface area is 117 Å². The normalized spacial score (nSPS) is 27.1. The molecule has 3 rings (SSSR count). The zero-order valence-electron chi connectivity index (χ0n) is 11.0. The van der Waals surface area contributed by atoms with Crippen LogP contribution < -0.4 is 0 Å². The van der Waals surface area contributed by atoms with Crippen LogP contribution in [0.1, 0.15) is 38.5 Å². The van der Waals surface area contributed by atoms with Crippen LogP contribution in [0.25, 0.3) is 0 Å². The van der Waals surface area contributed by atoms with Crippen LogP contribution in [0.15, 0.2) is 11.2 Å². The minimum absolute atomic E-state index is 0.268. The lowest BCUT2D eigenvalue weighted by molar-refractivity contribution is -0.134. The van der Waals surface area contributed by atoms with E-state index in [-0.39, 0.29) is 5.91 Å². The molecule has 0 bridgehead atoms. The molecule has 19 heavy (non-hydrogen) atoms. The summed E-state index contributed by atoms with van der Waals surface area (Å²) in [6.45, 7) is 0.944. The Morgan fingerprint density at radius 3 is 3.05 bits per heavy atom. The number of nitrogens with one attached hydrogen (secondary N) is 1. The Morgan fingerprint density at radius 2 is 2.21 bits per heavy atom. The molecule has 2 heterocycles. The number of carbonyl (C=O) groups is 1. The SMILES string of the molecule is O=C(CSc1cn[nH]n1)N1CCC[C@H]2CCCC[C@H]21. The van der Waals surface area contributed by atoms with E-state index in [0.717, 1.165) is 17.5 Å². The van der Waals surface area contributed by atoms with Crippen molar-refractivity contribution in [2.24, 2.45) is 5.92 Å². The highest BCUT2D eigenvalue weighted by Gasteiger charge is 2.35. The molecule has 6 heteroatoms. The molecule has 1 aliphatic carbocycles. The van der Waals surface area contributed by atoms with Gasteiger partial charge in [0.1, 0.15) is 5.03 Å². The quantitative estimate of drug-likeness (QED) is 0.861. The molecule has 1 amide bonds. The average Bonchev–Trinajstić information content (AvgIpc) is 2.97. The first kappa shape index (κ1) is 13.0. The third-order valence-corrected chi connectivity index (χ3v) is 5.18. The molecule has 2 fully saturated rings. The molecular weight excluding hydrogens is 260 g/mol. The van der Waals surface area contributed by atoms with Gasteiger partial charge in [-0.25, -0.2) is 0 Å². The lowest BCUT2D eigenvalue weighted by Gasteiger charge is -2.44. The van der Waals surface area contributed by atoms with Gasteiger partial charge in [-0.05, 0) is 31.6 Å². The van der Waals surface area contributed by atoms with Gasteiger partial charge in [0, 0.05) is 12.6 Å². The predicted octanol–water partition coefficient (Wildman–Crippen LogP) is 2.08. The maximum Gasteiger partial charge on any atom is 0.233 e. The van der Waals surface area contributed by atoms with Gasteiger partial charge in [-0.1, -0.05) is 24.6 Å². The second-order valence-corrected chi connectivity index (χ2v) is 6.43. The number of hydrogen-bond acceptors (Lipinski definition) is 4. The maximum atomic E-state index is 12.4. The van der Waals surface area contributed by atoms with Gasteiger partial charge >= 0.3 is 0 Å². The second-order valence-electron chi connectivity index (χ2n) is 5.44. The molecule has 2 aliphatic rings. The number of thioether (sulfide) groups is 1. The smallest absolute Gasteiger partial charge is 0.233 e. The van der Waals surface area contributed by atoms with Crippen molar-refractivity contribution in [3.05, 3.63) is 6.20 Å². The summed E-state index contributed by atoms with van der Waals surface area (Å²) < 4.78 is 0. The molecule has 0 unspecified atom stereocenters. The fraction of sp³-hybridized carbons (Fsp3) is 0.769. The van der Waals surface area contributed by atoms with Crippen LogP contribution in [0.5, 0.6) is 0 Å². The van der Waals surface area contributed by atoms with Gasteiger partial charge in [0.25, 0.3) is 0 Å². The number of hydrogen-bond donors (Lipinski definition) is 1. The van der Waals surface area contributed by atoms with Crippen LogP contribution in [-0.2, 0) is 4.79 Å². The summed E-state index contributed by atoms with van der Waals surface area (Å²) in [6.07, 6.45) is 9.28. The number of rotatable bonds is 3. The van der Waals surface area contributed by atoms with Crippen molar-refractivity contribution >= 4 is 17.7 Å². The molecule has 5 nitrogen and oxygen atoms in total. The van der Waals surface area contributed by atoms with Crippen LogP contribution in [-0.4, -0.2) is 44.6 Å². The molecule has 1 N–H and O–H groups in total. The van der Waals surface area contributed by atoms with E-state index in [9.17, 15) is 4.79 Å². The molecule has 1 saturated heterocycles. The Hall–Kier alpha value is -1.04. The van der Waals surface area contributed by atoms with Crippen LogP contribution in [0.4, 0.5) is 0 Å². The summed E-state index contributed by atoms with van der Waals surface area (Å²) in [5.41, 5.74) is 0. The molecule has 104 valence electrons. The van der Waals surface area contributed by atoms with Crippen molar-refractivity contribution < 1.29 is 4.79 Å². The summed E-state index contributed by atoms with van der Waals surface area (Å²) in [7, 11) is 0. The largest absolute Gasteiger partial charge is 0.339 e. The lowest BCUT2D eigenvalue weighted by atomic mass is 9.78. The van der Waals surface area contributed by atoms with Crippen molar-refractivity contribution in [2.45, 2.75) is 49.6 Å². The standard InChI is InChI=1S/C13H20N4OS/c18-13(9-19-12-8-14-16-15-12)17-7-3-5-10-4-1-2-6-11(10)17/h8,10-11H,1-7,9H2,(H,14,15,16)/t10-,11-/m1/s1. The van der Waals surface area contributed by atoms with E-state index < -0.39 is 0 Å². The monoisotopic (exact) mass is 280 g/mol.